The number of nitrogens with zero attached hydrogens (tertiary/aromatic N) is 2. The molecule has 0 fully saturated rings. The zero-order chi connectivity index (χ0) is 13.7. The third-order valence-corrected chi connectivity index (χ3v) is 3.31. The lowest BCUT2D eigenvalue weighted by Crippen LogP contribution is -2.14. The first-order chi connectivity index (χ1) is 9.17. The van der Waals surface area contributed by atoms with Gasteiger partial charge in [-0.15, -0.1) is 11.3 Å². The summed E-state index contributed by atoms with van der Waals surface area (Å²) in [6, 6.07) is 7.50. The summed E-state index contributed by atoms with van der Waals surface area (Å²) in [6.07, 6.45) is 0.419. The highest BCUT2D eigenvalue weighted by Crippen LogP contribution is 2.15. The van der Waals surface area contributed by atoms with Crippen molar-refractivity contribution in [2.75, 3.05) is 0 Å². The van der Waals surface area contributed by atoms with Crippen molar-refractivity contribution in [2.24, 2.45) is 10.9 Å². The first-order valence-electron chi connectivity index (χ1n) is 5.76. The van der Waals surface area contributed by atoms with Crippen LogP contribution in [0.2, 0.25) is 0 Å². The van der Waals surface area contributed by atoms with E-state index < -0.39 is 0 Å². The molecule has 0 aliphatic carbocycles. The molecule has 100 valence electrons. The molecule has 0 amide bonds. The maximum absolute atomic E-state index is 8.50. The molecular weight excluding hydrogens is 262 g/mol. The molecule has 0 bridgehead atoms. The van der Waals surface area contributed by atoms with Gasteiger partial charge in [0, 0.05) is 11.8 Å². The van der Waals surface area contributed by atoms with Crippen LogP contribution in [-0.2, 0) is 13.0 Å². The second kappa shape index (κ2) is 6.19. The van der Waals surface area contributed by atoms with Crippen LogP contribution < -0.4 is 10.5 Å². The summed E-state index contributed by atoms with van der Waals surface area (Å²) in [4.78, 5) is 4.33. The van der Waals surface area contributed by atoms with Gasteiger partial charge in [0.2, 0.25) is 0 Å². The highest BCUT2D eigenvalue weighted by atomic mass is 32.1. The van der Waals surface area contributed by atoms with Crippen molar-refractivity contribution in [2.45, 2.75) is 20.0 Å². The number of hydrogen-bond acceptors (Lipinski definition) is 5. The lowest BCUT2D eigenvalue weighted by atomic mass is 10.1. The standard InChI is InChI=1S/C13H15N3O2S/c1-9-15-11(8-19-9)7-18-12-4-2-10(3-5-12)6-13(14)16-17/h2-5,8,17H,6-7H2,1H3,(H2,14,16). The van der Waals surface area contributed by atoms with Crippen molar-refractivity contribution in [3.8, 4) is 5.75 Å². The lowest BCUT2D eigenvalue weighted by molar-refractivity contribution is 0.302. The monoisotopic (exact) mass is 277 g/mol. The number of hydrogen-bond donors (Lipinski definition) is 2. The molecule has 2 aromatic rings. The van der Waals surface area contributed by atoms with E-state index in [2.05, 4.69) is 10.1 Å². The zero-order valence-electron chi connectivity index (χ0n) is 10.5. The van der Waals surface area contributed by atoms with Gasteiger partial charge in [-0.05, 0) is 24.6 Å². The van der Waals surface area contributed by atoms with E-state index in [0.717, 1.165) is 22.0 Å². The number of nitrogens with two attached hydrogens (primary N) is 1. The average Bonchev–Trinajstić information content (AvgIpc) is 2.83. The predicted molar refractivity (Wildman–Crippen MR) is 74.7 cm³/mol. The minimum Gasteiger partial charge on any atom is -0.487 e. The number of aryl methyl sites for hydroxylation is 1. The third kappa shape index (κ3) is 3.96. The molecule has 0 radical (unpaired) electrons. The first-order valence-corrected chi connectivity index (χ1v) is 6.64. The minimum absolute atomic E-state index is 0.187. The van der Waals surface area contributed by atoms with Crippen LogP contribution in [0.15, 0.2) is 34.8 Å². The molecule has 3 N–H and O–H groups in total. The Morgan fingerprint density at radius 1 is 1.42 bits per heavy atom. The summed E-state index contributed by atoms with van der Waals surface area (Å²) in [6.45, 7) is 2.43. The maximum atomic E-state index is 8.50. The van der Waals surface area contributed by atoms with E-state index in [1.54, 1.807) is 11.3 Å². The van der Waals surface area contributed by atoms with Crippen molar-refractivity contribution < 1.29 is 9.94 Å². The topological polar surface area (TPSA) is 80.7 Å². The summed E-state index contributed by atoms with van der Waals surface area (Å²) >= 11 is 1.61. The summed E-state index contributed by atoms with van der Waals surface area (Å²) in [5, 5.41) is 14.5. The predicted octanol–water partition coefficient (Wildman–Crippen LogP) is 2.32. The average molecular weight is 277 g/mol. The van der Waals surface area contributed by atoms with Crippen LogP contribution in [0.3, 0.4) is 0 Å². The van der Waals surface area contributed by atoms with Gasteiger partial charge in [-0.2, -0.15) is 0 Å². The van der Waals surface area contributed by atoms with E-state index in [9.17, 15) is 0 Å². The number of rotatable bonds is 5. The van der Waals surface area contributed by atoms with Gasteiger partial charge in [0.05, 0.1) is 10.7 Å². The van der Waals surface area contributed by atoms with Crippen molar-refractivity contribution in [3.05, 3.63) is 45.9 Å². The molecule has 0 unspecified atom stereocenters. The van der Waals surface area contributed by atoms with E-state index in [1.165, 1.54) is 0 Å². The fourth-order valence-electron chi connectivity index (χ4n) is 1.58. The van der Waals surface area contributed by atoms with Gasteiger partial charge in [0.25, 0.3) is 0 Å². The number of benzene rings is 1. The Morgan fingerprint density at radius 3 is 2.74 bits per heavy atom. The van der Waals surface area contributed by atoms with Crippen molar-refractivity contribution >= 4 is 17.2 Å². The molecule has 0 aliphatic rings. The number of oxime groups is 1. The molecule has 0 atom stereocenters. The van der Waals surface area contributed by atoms with Crippen LogP contribution in [0.1, 0.15) is 16.3 Å². The molecule has 0 spiro atoms. The van der Waals surface area contributed by atoms with Gasteiger partial charge in [-0.1, -0.05) is 17.3 Å². The van der Waals surface area contributed by atoms with Crippen LogP contribution >= 0.6 is 11.3 Å². The van der Waals surface area contributed by atoms with Crippen LogP contribution in [0.4, 0.5) is 0 Å². The summed E-state index contributed by atoms with van der Waals surface area (Å²) in [7, 11) is 0. The molecule has 5 nitrogen and oxygen atoms in total. The van der Waals surface area contributed by atoms with Crippen LogP contribution in [0.5, 0.6) is 5.75 Å². The highest BCUT2D eigenvalue weighted by molar-refractivity contribution is 7.09. The van der Waals surface area contributed by atoms with E-state index in [1.807, 2.05) is 36.6 Å². The second-order valence-corrected chi connectivity index (χ2v) is 5.12. The molecule has 0 saturated carbocycles. The van der Waals surface area contributed by atoms with Crippen LogP contribution in [0, 0.1) is 6.92 Å². The summed E-state index contributed by atoms with van der Waals surface area (Å²) in [5.74, 6) is 0.959. The second-order valence-electron chi connectivity index (χ2n) is 4.06. The molecule has 1 aromatic heterocycles. The van der Waals surface area contributed by atoms with Gasteiger partial charge in [-0.3, -0.25) is 0 Å². The highest BCUT2D eigenvalue weighted by Gasteiger charge is 2.01. The lowest BCUT2D eigenvalue weighted by Gasteiger charge is -2.05. The number of thiazole rings is 1. The fourth-order valence-corrected chi connectivity index (χ4v) is 2.18. The van der Waals surface area contributed by atoms with Crippen molar-refractivity contribution in [1.29, 1.82) is 0 Å². The maximum Gasteiger partial charge on any atom is 0.143 e. The Hall–Kier alpha value is -2.08. The molecule has 0 saturated heterocycles. The van der Waals surface area contributed by atoms with Gasteiger partial charge in [0.15, 0.2) is 0 Å². The van der Waals surface area contributed by atoms with Crippen LogP contribution in [-0.4, -0.2) is 16.0 Å². The summed E-state index contributed by atoms with van der Waals surface area (Å²) in [5.41, 5.74) is 7.34. The van der Waals surface area contributed by atoms with E-state index in [4.69, 9.17) is 15.7 Å². The van der Waals surface area contributed by atoms with Gasteiger partial charge < -0.3 is 15.7 Å². The molecule has 1 heterocycles. The van der Waals surface area contributed by atoms with Crippen molar-refractivity contribution in [1.82, 2.24) is 4.98 Å². The number of ether oxygens (including phenoxy) is 1. The van der Waals surface area contributed by atoms with Crippen molar-refractivity contribution in [3.63, 3.8) is 0 Å². The minimum atomic E-state index is 0.187. The molecule has 0 aliphatic heterocycles. The van der Waals surface area contributed by atoms with E-state index in [-0.39, 0.29) is 5.84 Å². The molecule has 2 rings (SSSR count). The van der Waals surface area contributed by atoms with Gasteiger partial charge in [-0.25, -0.2) is 4.98 Å². The smallest absolute Gasteiger partial charge is 0.143 e. The van der Waals surface area contributed by atoms with Gasteiger partial charge >= 0.3 is 0 Å². The quantitative estimate of drug-likeness (QED) is 0.380. The Morgan fingerprint density at radius 2 is 2.16 bits per heavy atom. The SMILES string of the molecule is Cc1nc(COc2ccc(CC(N)=NO)cc2)cs1. The molecule has 6 heteroatoms. The van der Waals surface area contributed by atoms with E-state index >= 15 is 0 Å². The normalized spacial score (nSPS) is 11.5. The zero-order valence-corrected chi connectivity index (χ0v) is 11.4. The molecule has 19 heavy (non-hydrogen) atoms. The third-order valence-electron chi connectivity index (χ3n) is 2.49. The van der Waals surface area contributed by atoms with E-state index in [0.29, 0.717) is 13.0 Å². The number of aromatic nitrogens is 1. The molecular formula is C13H15N3O2S. The summed E-state index contributed by atoms with van der Waals surface area (Å²) < 4.78 is 5.62. The number of amidine groups is 1. The Labute approximate surface area is 115 Å². The fraction of sp³-hybridized carbons (Fsp3) is 0.231. The first kappa shape index (κ1) is 13.4. The Kier molecular flexibility index (Phi) is 4.35. The largest absolute Gasteiger partial charge is 0.487 e. The van der Waals surface area contributed by atoms with Crippen LogP contribution in [0.25, 0.3) is 0 Å². The molecule has 1 aromatic carbocycles. The van der Waals surface area contributed by atoms with Gasteiger partial charge in [0.1, 0.15) is 18.2 Å². The Bertz CT molecular complexity index is 564. The Balaban J connectivity index is 1.91.